The topological polar surface area (TPSA) is 75.6 Å². The molecule has 0 saturated heterocycles. The van der Waals surface area contributed by atoms with Gasteiger partial charge in [0.05, 0.1) is 10.0 Å². The number of aliphatic hydroxyl groups is 1. The summed E-state index contributed by atoms with van der Waals surface area (Å²) in [6, 6.07) is 21.4. The second-order valence-corrected chi connectivity index (χ2v) is 7.01. The van der Waals surface area contributed by atoms with E-state index in [-0.39, 0.29) is 5.02 Å². The van der Waals surface area contributed by atoms with Gasteiger partial charge in [-0.15, -0.1) is 0 Å². The van der Waals surface area contributed by atoms with Crippen molar-refractivity contribution in [2.75, 3.05) is 11.9 Å². The summed E-state index contributed by atoms with van der Waals surface area (Å²) in [7, 11) is 0. The average Bonchev–Trinajstić information content (AvgIpc) is 2.75. The summed E-state index contributed by atoms with van der Waals surface area (Å²) >= 11 is 11.8. The van der Waals surface area contributed by atoms with Gasteiger partial charge in [-0.25, -0.2) is 4.79 Å². The molecular weight excluding hydrogens is 413 g/mol. The number of esters is 1. The molecule has 0 aliphatic rings. The van der Waals surface area contributed by atoms with Gasteiger partial charge in [-0.05, 0) is 29.3 Å². The van der Waals surface area contributed by atoms with Gasteiger partial charge in [-0.1, -0.05) is 83.9 Å². The van der Waals surface area contributed by atoms with Gasteiger partial charge >= 0.3 is 5.97 Å². The van der Waals surface area contributed by atoms with Gasteiger partial charge in [-0.2, -0.15) is 0 Å². The van der Waals surface area contributed by atoms with Crippen molar-refractivity contribution in [1.29, 1.82) is 0 Å². The van der Waals surface area contributed by atoms with E-state index in [0.717, 1.165) is 0 Å². The third-order valence-electron chi connectivity index (χ3n) is 4.22. The Labute approximate surface area is 177 Å². The number of carbonyl (C=O) groups is 2. The third kappa shape index (κ3) is 4.77. The maximum Gasteiger partial charge on any atom is 0.348 e. The summed E-state index contributed by atoms with van der Waals surface area (Å²) in [4.78, 5) is 25.0. The smallest absolute Gasteiger partial charge is 0.348 e. The molecule has 0 saturated carbocycles. The second kappa shape index (κ2) is 9.09. The van der Waals surface area contributed by atoms with Crippen molar-refractivity contribution < 1.29 is 19.4 Å². The highest BCUT2D eigenvalue weighted by atomic mass is 35.5. The molecule has 0 radical (unpaired) electrons. The van der Waals surface area contributed by atoms with Crippen LogP contribution in [0.25, 0.3) is 0 Å². The number of carbonyl (C=O) groups excluding carboxylic acids is 2. The number of rotatable bonds is 6. The quantitative estimate of drug-likeness (QED) is 0.568. The van der Waals surface area contributed by atoms with Crippen LogP contribution in [0.2, 0.25) is 10.0 Å². The summed E-state index contributed by atoms with van der Waals surface area (Å²) in [5.41, 5.74) is -0.976. The molecule has 5 nitrogen and oxygen atoms in total. The molecule has 0 aliphatic heterocycles. The minimum Gasteiger partial charge on any atom is -0.453 e. The van der Waals surface area contributed by atoms with Crippen LogP contribution in [0.5, 0.6) is 0 Å². The van der Waals surface area contributed by atoms with Crippen molar-refractivity contribution >= 4 is 40.8 Å². The average molecular weight is 430 g/mol. The van der Waals surface area contributed by atoms with Crippen molar-refractivity contribution in [3.05, 3.63) is 100 Å². The number of hydrogen-bond acceptors (Lipinski definition) is 4. The number of ether oxygens (including phenoxy) is 1. The molecule has 2 N–H and O–H groups in total. The van der Waals surface area contributed by atoms with Crippen LogP contribution < -0.4 is 5.32 Å². The minimum atomic E-state index is -2.05. The lowest BCUT2D eigenvalue weighted by atomic mass is 9.86. The first-order valence-electron chi connectivity index (χ1n) is 8.67. The van der Waals surface area contributed by atoms with Gasteiger partial charge in [0.1, 0.15) is 0 Å². The molecule has 0 unspecified atom stereocenters. The fraction of sp³-hybridized carbons (Fsp3) is 0.0909. The van der Waals surface area contributed by atoms with E-state index in [9.17, 15) is 14.7 Å². The Hall–Kier alpha value is -2.86. The molecule has 0 bridgehead atoms. The Balaban J connectivity index is 1.75. The van der Waals surface area contributed by atoms with E-state index in [2.05, 4.69) is 5.32 Å². The second-order valence-electron chi connectivity index (χ2n) is 6.20. The first-order valence-corrected chi connectivity index (χ1v) is 9.42. The van der Waals surface area contributed by atoms with Crippen LogP contribution >= 0.6 is 23.2 Å². The zero-order chi connectivity index (χ0) is 20.9. The lowest BCUT2D eigenvalue weighted by Crippen LogP contribution is -2.39. The highest BCUT2D eigenvalue weighted by Gasteiger charge is 2.41. The molecule has 3 aromatic rings. The van der Waals surface area contributed by atoms with Crippen molar-refractivity contribution in [2.45, 2.75) is 5.60 Å². The minimum absolute atomic E-state index is 0.281. The fourth-order valence-electron chi connectivity index (χ4n) is 2.77. The van der Waals surface area contributed by atoms with E-state index in [1.54, 1.807) is 66.7 Å². The standard InChI is InChI=1S/C22H17Cl2NO4/c23-18-12-11-17(13-19(18)24)25-20(26)14-29-21(27)22(28,15-7-3-1-4-8-15)16-9-5-2-6-10-16/h1-13,28H,14H2,(H,25,26). The molecule has 0 heterocycles. The number of halogens is 2. The maximum atomic E-state index is 12.8. The van der Waals surface area contributed by atoms with Crippen LogP contribution in [0.4, 0.5) is 5.69 Å². The summed E-state index contributed by atoms with van der Waals surface area (Å²) in [6.45, 7) is -0.582. The monoisotopic (exact) mass is 429 g/mol. The van der Waals surface area contributed by atoms with E-state index in [4.69, 9.17) is 27.9 Å². The summed E-state index contributed by atoms with van der Waals surface area (Å²) in [5.74, 6) is -1.54. The SMILES string of the molecule is O=C(COC(=O)C(O)(c1ccccc1)c1ccccc1)Nc1ccc(Cl)c(Cl)c1. The predicted octanol–water partition coefficient (Wildman–Crippen LogP) is 4.41. The number of benzene rings is 3. The molecule has 0 aromatic heterocycles. The van der Waals surface area contributed by atoms with Crippen LogP contribution in [-0.2, 0) is 19.9 Å². The summed E-state index contributed by atoms with van der Waals surface area (Å²) in [5, 5.41) is 14.4. The molecule has 3 aromatic carbocycles. The van der Waals surface area contributed by atoms with Crippen molar-refractivity contribution in [2.24, 2.45) is 0 Å². The highest BCUT2D eigenvalue weighted by molar-refractivity contribution is 6.42. The van der Waals surface area contributed by atoms with Crippen LogP contribution in [0.3, 0.4) is 0 Å². The van der Waals surface area contributed by atoms with Crippen LogP contribution in [-0.4, -0.2) is 23.6 Å². The van der Waals surface area contributed by atoms with Gasteiger partial charge in [0, 0.05) is 5.69 Å². The first-order chi connectivity index (χ1) is 13.9. The maximum absolute atomic E-state index is 12.8. The Morgan fingerprint density at radius 1 is 0.862 bits per heavy atom. The van der Waals surface area contributed by atoms with Gasteiger partial charge in [0.2, 0.25) is 5.60 Å². The molecule has 0 atom stereocenters. The Kier molecular flexibility index (Phi) is 6.54. The van der Waals surface area contributed by atoms with E-state index in [1.165, 1.54) is 12.1 Å². The zero-order valence-electron chi connectivity index (χ0n) is 15.1. The normalized spacial score (nSPS) is 11.0. The largest absolute Gasteiger partial charge is 0.453 e. The number of nitrogens with one attached hydrogen (secondary N) is 1. The van der Waals surface area contributed by atoms with Gasteiger partial charge in [-0.3, -0.25) is 4.79 Å². The first kappa shape index (κ1) is 20.9. The van der Waals surface area contributed by atoms with Crippen LogP contribution in [0, 0.1) is 0 Å². The zero-order valence-corrected chi connectivity index (χ0v) is 16.7. The lowest BCUT2D eigenvalue weighted by Gasteiger charge is -2.26. The molecular formula is C22H17Cl2NO4. The Morgan fingerprint density at radius 3 is 1.93 bits per heavy atom. The van der Waals surface area contributed by atoms with Gasteiger partial charge in [0.25, 0.3) is 5.91 Å². The molecule has 1 amide bonds. The number of hydrogen-bond donors (Lipinski definition) is 2. The Bertz CT molecular complexity index is 970. The van der Waals surface area contributed by atoms with E-state index in [0.29, 0.717) is 21.8 Å². The molecule has 148 valence electrons. The van der Waals surface area contributed by atoms with Crippen molar-refractivity contribution in [1.82, 2.24) is 0 Å². The molecule has 0 spiro atoms. The van der Waals surface area contributed by atoms with Gasteiger partial charge in [0.15, 0.2) is 6.61 Å². The van der Waals surface area contributed by atoms with Crippen LogP contribution in [0.15, 0.2) is 78.9 Å². The van der Waals surface area contributed by atoms with E-state index in [1.807, 2.05) is 0 Å². The highest BCUT2D eigenvalue weighted by Crippen LogP contribution is 2.31. The summed E-state index contributed by atoms with van der Waals surface area (Å²) in [6.07, 6.45) is 0. The predicted molar refractivity (Wildman–Crippen MR) is 112 cm³/mol. The molecule has 3 rings (SSSR count). The van der Waals surface area contributed by atoms with E-state index < -0.39 is 24.1 Å². The Morgan fingerprint density at radius 2 is 1.41 bits per heavy atom. The summed E-state index contributed by atoms with van der Waals surface area (Å²) < 4.78 is 5.14. The van der Waals surface area contributed by atoms with Crippen molar-refractivity contribution in [3.63, 3.8) is 0 Å². The molecule has 7 heteroatoms. The van der Waals surface area contributed by atoms with Gasteiger partial charge < -0.3 is 15.2 Å². The molecule has 0 fully saturated rings. The lowest BCUT2D eigenvalue weighted by molar-refractivity contribution is -0.163. The van der Waals surface area contributed by atoms with Crippen molar-refractivity contribution in [3.8, 4) is 0 Å². The molecule has 0 aliphatic carbocycles. The number of anilines is 1. The fourth-order valence-corrected chi connectivity index (χ4v) is 3.07. The molecule has 29 heavy (non-hydrogen) atoms. The third-order valence-corrected chi connectivity index (χ3v) is 4.96. The van der Waals surface area contributed by atoms with Crippen LogP contribution in [0.1, 0.15) is 11.1 Å². The van der Waals surface area contributed by atoms with E-state index >= 15 is 0 Å². The number of amides is 1.